The number of carbonyl (C=O) groups excluding carboxylic acids is 1. The number of aromatic nitrogens is 3. The summed E-state index contributed by atoms with van der Waals surface area (Å²) in [6.07, 6.45) is 3.40. The van der Waals surface area contributed by atoms with Crippen molar-refractivity contribution >= 4 is 17.5 Å². The van der Waals surface area contributed by atoms with Crippen LogP contribution in [0.2, 0.25) is 5.02 Å². The zero-order chi connectivity index (χ0) is 20.5. The first kappa shape index (κ1) is 19.6. The van der Waals surface area contributed by atoms with E-state index in [0.29, 0.717) is 28.3 Å². The number of aryl methyl sites for hydroxylation is 1. The van der Waals surface area contributed by atoms with Crippen molar-refractivity contribution in [2.75, 3.05) is 0 Å². The van der Waals surface area contributed by atoms with Crippen molar-refractivity contribution in [3.63, 3.8) is 0 Å². The Balaban J connectivity index is 1.44. The normalized spacial score (nSPS) is 14.1. The van der Waals surface area contributed by atoms with E-state index < -0.39 is 5.82 Å². The summed E-state index contributed by atoms with van der Waals surface area (Å²) < 4.78 is 20.9. The summed E-state index contributed by atoms with van der Waals surface area (Å²) in [6, 6.07) is 6.08. The van der Waals surface area contributed by atoms with Gasteiger partial charge in [0, 0.05) is 28.9 Å². The number of benzene rings is 1. The summed E-state index contributed by atoms with van der Waals surface area (Å²) >= 11 is 6.01. The van der Waals surface area contributed by atoms with E-state index in [1.54, 1.807) is 6.07 Å². The van der Waals surface area contributed by atoms with E-state index in [4.69, 9.17) is 16.0 Å². The number of rotatable bonds is 6. The molecule has 1 aromatic carbocycles. The highest BCUT2D eigenvalue weighted by Crippen LogP contribution is 2.37. The molecule has 0 saturated heterocycles. The maximum Gasteiger partial charge on any atom is 0.249 e. The van der Waals surface area contributed by atoms with Crippen molar-refractivity contribution in [3.8, 4) is 11.5 Å². The molecule has 0 unspecified atom stereocenters. The fourth-order valence-electron chi connectivity index (χ4n) is 3.48. The number of amides is 1. The van der Waals surface area contributed by atoms with E-state index in [-0.39, 0.29) is 19.0 Å². The lowest BCUT2D eigenvalue weighted by Gasteiger charge is -2.20. The summed E-state index contributed by atoms with van der Waals surface area (Å²) in [6.45, 7) is 4.25. The highest BCUT2D eigenvalue weighted by atomic mass is 35.5. The van der Waals surface area contributed by atoms with Gasteiger partial charge in [-0.3, -0.25) is 4.79 Å². The van der Waals surface area contributed by atoms with Crippen LogP contribution in [0.5, 0.6) is 0 Å². The van der Waals surface area contributed by atoms with Crippen LogP contribution in [0.1, 0.15) is 48.0 Å². The molecule has 0 bridgehead atoms. The van der Waals surface area contributed by atoms with Gasteiger partial charge in [-0.2, -0.15) is 0 Å². The number of halogens is 2. The van der Waals surface area contributed by atoms with Gasteiger partial charge in [0.05, 0.1) is 5.56 Å². The van der Waals surface area contributed by atoms with Gasteiger partial charge in [0.25, 0.3) is 0 Å². The summed E-state index contributed by atoms with van der Waals surface area (Å²) in [5, 5.41) is 11.5. The highest BCUT2D eigenvalue weighted by Gasteiger charge is 2.26. The molecule has 2 aromatic heterocycles. The Kier molecular flexibility index (Phi) is 5.41. The van der Waals surface area contributed by atoms with Crippen molar-refractivity contribution < 1.29 is 13.6 Å². The fraction of sp³-hybridized carbons (Fsp3) is 0.381. The molecule has 1 aliphatic rings. The molecule has 0 spiro atoms. The Morgan fingerprint density at radius 3 is 2.79 bits per heavy atom. The highest BCUT2D eigenvalue weighted by molar-refractivity contribution is 6.31. The summed E-state index contributed by atoms with van der Waals surface area (Å²) in [7, 11) is 0. The minimum Gasteiger partial charge on any atom is -0.420 e. The molecule has 1 fully saturated rings. The van der Waals surface area contributed by atoms with Gasteiger partial charge in [0.15, 0.2) is 0 Å². The standard InChI is InChI=1S/C21H22ClFN4O2/c1-12-8-17(21-26-25-20(29-21)14-4-3-5-14)13(2)27(12)11-19(28)24-10-15-6-7-16(23)9-18(15)22/h6-9,14H,3-5,10-11H2,1-2H3,(H,24,28). The van der Waals surface area contributed by atoms with Crippen molar-refractivity contribution in [3.05, 3.63) is 57.9 Å². The topological polar surface area (TPSA) is 73.0 Å². The van der Waals surface area contributed by atoms with Crippen LogP contribution in [0.25, 0.3) is 11.5 Å². The summed E-state index contributed by atoms with van der Waals surface area (Å²) in [4.78, 5) is 12.5. The molecule has 6 nitrogen and oxygen atoms in total. The van der Waals surface area contributed by atoms with Gasteiger partial charge < -0.3 is 14.3 Å². The zero-order valence-corrected chi connectivity index (χ0v) is 17.1. The molecule has 1 amide bonds. The second kappa shape index (κ2) is 7.99. The third kappa shape index (κ3) is 4.05. The van der Waals surface area contributed by atoms with Gasteiger partial charge in [0.2, 0.25) is 17.7 Å². The van der Waals surface area contributed by atoms with Crippen LogP contribution in [0.15, 0.2) is 28.7 Å². The van der Waals surface area contributed by atoms with Crippen LogP contribution in [0, 0.1) is 19.7 Å². The van der Waals surface area contributed by atoms with Crippen molar-refractivity contribution in [2.45, 2.75) is 52.1 Å². The molecular weight excluding hydrogens is 395 g/mol. The second-order valence-electron chi connectivity index (χ2n) is 7.46. The first-order chi connectivity index (χ1) is 13.9. The van der Waals surface area contributed by atoms with E-state index in [0.717, 1.165) is 29.8 Å². The van der Waals surface area contributed by atoms with Crippen molar-refractivity contribution in [2.24, 2.45) is 0 Å². The Bertz CT molecular complexity index is 1060. The molecule has 0 atom stereocenters. The Hall–Kier alpha value is -2.67. The SMILES string of the molecule is Cc1cc(-c2nnc(C3CCC3)o2)c(C)n1CC(=O)NCc1ccc(F)cc1Cl. The molecule has 2 heterocycles. The van der Waals surface area contributed by atoms with E-state index in [1.807, 2.05) is 24.5 Å². The monoisotopic (exact) mass is 416 g/mol. The summed E-state index contributed by atoms with van der Waals surface area (Å²) in [5.41, 5.74) is 3.32. The minimum absolute atomic E-state index is 0.153. The van der Waals surface area contributed by atoms with Crippen molar-refractivity contribution in [1.29, 1.82) is 0 Å². The predicted octanol–water partition coefficient (Wildman–Crippen LogP) is 4.53. The lowest BCUT2D eigenvalue weighted by Crippen LogP contribution is -2.28. The maximum atomic E-state index is 13.1. The third-order valence-corrected chi connectivity index (χ3v) is 5.84. The van der Waals surface area contributed by atoms with Gasteiger partial charge in [-0.05, 0) is 50.5 Å². The van der Waals surface area contributed by atoms with Gasteiger partial charge in [0.1, 0.15) is 12.4 Å². The molecule has 1 aliphatic carbocycles. The molecule has 0 radical (unpaired) electrons. The maximum absolute atomic E-state index is 13.1. The Labute approximate surface area is 173 Å². The smallest absolute Gasteiger partial charge is 0.249 e. The van der Waals surface area contributed by atoms with Crippen molar-refractivity contribution in [1.82, 2.24) is 20.1 Å². The van der Waals surface area contributed by atoms with E-state index >= 15 is 0 Å². The van der Waals surface area contributed by atoms with Gasteiger partial charge in [-0.15, -0.1) is 10.2 Å². The lowest BCUT2D eigenvalue weighted by molar-refractivity contribution is -0.121. The molecule has 1 N–H and O–H groups in total. The lowest BCUT2D eigenvalue weighted by atomic mass is 9.85. The Morgan fingerprint density at radius 2 is 2.10 bits per heavy atom. The molecular formula is C21H22ClFN4O2. The van der Waals surface area contributed by atoms with Crippen LogP contribution in [-0.2, 0) is 17.9 Å². The zero-order valence-electron chi connectivity index (χ0n) is 16.3. The van der Waals surface area contributed by atoms with E-state index in [1.165, 1.54) is 18.6 Å². The van der Waals surface area contributed by atoms with Gasteiger partial charge >= 0.3 is 0 Å². The third-order valence-electron chi connectivity index (χ3n) is 5.49. The molecule has 152 valence electrons. The fourth-order valence-corrected chi connectivity index (χ4v) is 3.72. The molecule has 8 heteroatoms. The number of carbonyl (C=O) groups is 1. The van der Waals surface area contributed by atoms with Gasteiger partial charge in [-0.25, -0.2) is 4.39 Å². The van der Waals surface area contributed by atoms with Crippen LogP contribution in [0.3, 0.4) is 0 Å². The molecule has 0 aliphatic heterocycles. The van der Waals surface area contributed by atoms with Crippen LogP contribution >= 0.6 is 11.6 Å². The van der Waals surface area contributed by atoms with Crippen LogP contribution in [0.4, 0.5) is 4.39 Å². The number of hydrogen-bond acceptors (Lipinski definition) is 4. The average molecular weight is 417 g/mol. The molecule has 1 saturated carbocycles. The quantitative estimate of drug-likeness (QED) is 0.640. The number of nitrogens with zero attached hydrogens (tertiary/aromatic N) is 3. The predicted molar refractivity (Wildman–Crippen MR) is 107 cm³/mol. The minimum atomic E-state index is -0.405. The first-order valence-electron chi connectivity index (χ1n) is 9.63. The van der Waals surface area contributed by atoms with Gasteiger partial charge in [-0.1, -0.05) is 24.1 Å². The van der Waals surface area contributed by atoms with Crippen LogP contribution in [-0.4, -0.2) is 20.7 Å². The average Bonchev–Trinajstić information content (AvgIpc) is 3.20. The number of nitrogens with one attached hydrogen (secondary N) is 1. The first-order valence-corrected chi connectivity index (χ1v) is 10.0. The molecule has 3 aromatic rings. The number of hydrogen-bond donors (Lipinski definition) is 1. The largest absolute Gasteiger partial charge is 0.420 e. The van der Waals surface area contributed by atoms with E-state index in [2.05, 4.69) is 15.5 Å². The molecule has 4 rings (SSSR count). The summed E-state index contributed by atoms with van der Waals surface area (Å²) in [5.74, 6) is 0.996. The molecule has 29 heavy (non-hydrogen) atoms. The Morgan fingerprint density at radius 1 is 1.31 bits per heavy atom. The van der Waals surface area contributed by atoms with E-state index in [9.17, 15) is 9.18 Å². The second-order valence-corrected chi connectivity index (χ2v) is 7.86. The van der Waals surface area contributed by atoms with Crippen LogP contribution < -0.4 is 5.32 Å².